The van der Waals surface area contributed by atoms with E-state index in [1.165, 1.54) is 0 Å². The van der Waals surface area contributed by atoms with Crippen LogP contribution in [0.3, 0.4) is 0 Å². The second-order valence-electron chi connectivity index (χ2n) is 5.84. The van der Waals surface area contributed by atoms with Gasteiger partial charge in [0.25, 0.3) is 0 Å². The molecule has 25 heavy (non-hydrogen) atoms. The summed E-state index contributed by atoms with van der Waals surface area (Å²) in [5.41, 5.74) is -0.220. The van der Waals surface area contributed by atoms with Gasteiger partial charge in [0.1, 0.15) is 10.9 Å². The van der Waals surface area contributed by atoms with Gasteiger partial charge in [0.2, 0.25) is 0 Å². The number of carboxylic acids is 1. The Hall–Kier alpha value is -2.28. The summed E-state index contributed by atoms with van der Waals surface area (Å²) in [5.74, 6) is -0.667. The molecule has 2 aromatic rings. The summed E-state index contributed by atoms with van der Waals surface area (Å²) < 4.78 is 43.9. The van der Waals surface area contributed by atoms with Crippen molar-refractivity contribution in [2.75, 3.05) is 6.61 Å². The first-order valence-corrected chi connectivity index (χ1v) is 7.82. The Bertz CT molecular complexity index is 793. The predicted molar refractivity (Wildman–Crippen MR) is 84.4 cm³/mol. The first-order chi connectivity index (χ1) is 11.8. The van der Waals surface area contributed by atoms with Crippen LogP contribution >= 0.6 is 11.6 Å². The number of hydrogen-bond donors (Lipinski definition) is 1. The molecule has 1 heterocycles. The Morgan fingerprint density at radius 2 is 2.00 bits per heavy atom. The lowest BCUT2D eigenvalue weighted by molar-refractivity contribution is -0.139. The molecule has 0 saturated heterocycles. The number of benzene rings is 1. The minimum Gasteiger partial charge on any atom is -0.493 e. The molecule has 1 aromatic heterocycles. The molecule has 1 saturated carbocycles. The van der Waals surface area contributed by atoms with E-state index in [4.69, 9.17) is 21.4 Å². The highest BCUT2D eigenvalue weighted by molar-refractivity contribution is 6.32. The summed E-state index contributed by atoms with van der Waals surface area (Å²) in [6, 6.07) is 7.32. The highest BCUT2D eigenvalue weighted by Crippen LogP contribution is 2.39. The number of hydrogen-bond acceptors (Lipinski definition) is 3. The van der Waals surface area contributed by atoms with Gasteiger partial charge in [-0.3, -0.25) is 4.79 Å². The van der Waals surface area contributed by atoms with E-state index in [0.717, 1.165) is 6.07 Å². The lowest BCUT2D eigenvalue weighted by atomic mass is 10.1. The SMILES string of the molecule is O=C(O)C1CC1COc1ccc(-c2cc(C(F)(F)F)cnc2Cl)cc1. The average molecular weight is 372 g/mol. The van der Waals surface area contributed by atoms with Crippen molar-refractivity contribution in [2.24, 2.45) is 11.8 Å². The number of nitrogens with zero attached hydrogens (tertiary/aromatic N) is 1. The summed E-state index contributed by atoms with van der Waals surface area (Å²) in [5, 5.41) is 8.81. The van der Waals surface area contributed by atoms with Gasteiger partial charge in [-0.1, -0.05) is 23.7 Å². The van der Waals surface area contributed by atoms with Crippen molar-refractivity contribution in [1.29, 1.82) is 0 Å². The predicted octanol–water partition coefficient (Wildman–Crippen LogP) is 4.52. The van der Waals surface area contributed by atoms with E-state index < -0.39 is 17.7 Å². The first-order valence-electron chi connectivity index (χ1n) is 7.44. The first kappa shape index (κ1) is 17.5. The summed E-state index contributed by atoms with van der Waals surface area (Å²) in [4.78, 5) is 14.4. The van der Waals surface area contributed by atoms with E-state index in [0.29, 0.717) is 30.5 Å². The Morgan fingerprint density at radius 3 is 2.56 bits per heavy atom. The number of alkyl halides is 3. The highest BCUT2D eigenvalue weighted by Gasteiger charge is 2.43. The molecule has 1 fully saturated rings. The van der Waals surface area contributed by atoms with Crippen molar-refractivity contribution < 1.29 is 27.8 Å². The van der Waals surface area contributed by atoms with E-state index in [9.17, 15) is 18.0 Å². The van der Waals surface area contributed by atoms with Crippen molar-refractivity contribution in [3.8, 4) is 16.9 Å². The third kappa shape index (κ3) is 4.04. The van der Waals surface area contributed by atoms with Crippen LogP contribution in [0, 0.1) is 11.8 Å². The molecule has 4 nitrogen and oxygen atoms in total. The maximum Gasteiger partial charge on any atom is 0.417 e. The van der Waals surface area contributed by atoms with Crippen LogP contribution in [0.1, 0.15) is 12.0 Å². The fourth-order valence-corrected chi connectivity index (χ4v) is 2.69. The van der Waals surface area contributed by atoms with E-state index in [1.54, 1.807) is 24.3 Å². The molecule has 1 aliphatic rings. The van der Waals surface area contributed by atoms with Crippen LogP contribution in [0.4, 0.5) is 13.2 Å². The molecule has 2 atom stereocenters. The maximum atomic E-state index is 12.8. The van der Waals surface area contributed by atoms with Crippen LogP contribution in [-0.4, -0.2) is 22.7 Å². The van der Waals surface area contributed by atoms with Crippen LogP contribution in [0.2, 0.25) is 5.15 Å². The zero-order valence-electron chi connectivity index (χ0n) is 12.8. The van der Waals surface area contributed by atoms with Crippen molar-refractivity contribution in [1.82, 2.24) is 4.98 Å². The fraction of sp³-hybridized carbons (Fsp3) is 0.294. The molecule has 2 unspecified atom stereocenters. The van der Waals surface area contributed by atoms with Crippen molar-refractivity contribution in [2.45, 2.75) is 12.6 Å². The topological polar surface area (TPSA) is 59.4 Å². The van der Waals surface area contributed by atoms with E-state index in [2.05, 4.69) is 4.98 Å². The second-order valence-corrected chi connectivity index (χ2v) is 6.19. The third-order valence-corrected chi connectivity index (χ3v) is 4.34. The molecule has 3 rings (SSSR count). The van der Waals surface area contributed by atoms with Gasteiger partial charge in [-0.25, -0.2) is 4.98 Å². The Labute approximate surface area is 146 Å². The zero-order valence-corrected chi connectivity index (χ0v) is 13.5. The molecule has 1 N–H and O–H groups in total. The molecule has 1 aliphatic carbocycles. The van der Waals surface area contributed by atoms with E-state index in [-0.39, 0.29) is 22.6 Å². The minimum atomic E-state index is -4.50. The number of rotatable bonds is 5. The van der Waals surface area contributed by atoms with Gasteiger partial charge in [-0.2, -0.15) is 13.2 Å². The summed E-state index contributed by atoms with van der Waals surface area (Å²) in [6.07, 6.45) is -3.21. The largest absolute Gasteiger partial charge is 0.493 e. The van der Waals surface area contributed by atoms with Gasteiger partial charge >= 0.3 is 12.1 Å². The van der Waals surface area contributed by atoms with E-state index in [1.807, 2.05) is 0 Å². The second kappa shape index (κ2) is 6.55. The molecule has 0 bridgehead atoms. The van der Waals surface area contributed by atoms with Gasteiger partial charge < -0.3 is 9.84 Å². The fourth-order valence-electron chi connectivity index (χ4n) is 2.47. The summed E-state index contributed by atoms with van der Waals surface area (Å²) >= 11 is 5.91. The lowest BCUT2D eigenvalue weighted by Crippen LogP contribution is -2.06. The Balaban J connectivity index is 1.71. The Kier molecular flexibility index (Phi) is 4.60. The summed E-state index contributed by atoms with van der Waals surface area (Å²) in [6.45, 7) is 0.294. The van der Waals surface area contributed by atoms with Gasteiger partial charge in [0.05, 0.1) is 18.1 Å². The molecule has 8 heteroatoms. The molecule has 132 valence electrons. The minimum absolute atomic E-state index is 0.000659. The molecular formula is C17H13ClF3NO3. The van der Waals surface area contributed by atoms with Crippen LogP contribution in [0.5, 0.6) is 5.75 Å². The van der Waals surface area contributed by atoms with Gasteiger partial charge in [0, 0.05) is 17.7 Å². The monoisotopic (exact) mass is 371 g/mol. The summed E-state index contributed by atoms with van der Waals surface area (Å²) in [7, 11) is 0. The number of carboxylic acid groups (broad SMARTS) is 1. The van der Waals surface area contributed by atoms with Crippen molar-refractivity contribution in [3.05, 3.63) is 47.2 Å². The molecule has 1 aromatic carbocycles. The smallest absolute Gasteiger partial charge is 0.417 e. The van der Waals surface area contributed by atoms with Crippen LogP contribution in [-0.2, 0) is 11.0 Å². The van der Waals surface area contributed by atoms with Crippen LogP contribution in [0.25, 0.3) is 11.1 Å². The quantitative estimate of drug-likeness (QED) is 0.785. The number of aromatic nitrogens is 1. The molecule has 0 radical (unpaired) electrons. The standard InChI is InChI=1S/C17H13ClF3NO3/c18-15-13(6-11(7-22-15)17(19,20)21)9-1-3-12(4-2-9)25-8-10-5-14(10)16(23)24/h1-4,6-7,10,14H,5,8H2,(H,23,24). The number of carbonyl (C=O) groups is 1. The normalized spacial score (nSPS) is 19.5. The number of pyridine rings is 1. The Morgan fingerprint density at radius 1 is 1.32 bits per heavy atom. The van der Waals surface area contributed by atoms with Crippen LogP contribution < -0.4 is 4.74 Å². The zero-order chi connectivity index (χ0) is 18.2. The lowest BCUT2D eigenvalue weighted by Gasteiger charge is -2.11. The molecule has 0 spiro atoms. The van der Waals surface area contributed by atoms with Gasteiger partial charge in [-0.15, -0.1) is 0 Å². The highest BCUT2D eigenvalue weighted by atomic mass is 35.5. The molecular weight excluding hydrogens is 359 g/mol. The van der Waals surface area contributed by atoms with Gasteiger partial charge in [-0.05, 0) is 30.2 Å². The number of ether oxygens (including phenoxy) is 1. The van der Waals surface area contributed by atoms with Crippen LogP contribution in [0.15, 0.2) is 36.5 Å². The maximum absolute atomic E-state index is 12.8. The van der Waals surface area contributed by atoms with Crippen molar-refractivity contribution in [3.63, 3.8) is 0 Å². The average Bonchev–Trinajstić information content (AvgIpc) is 3.33. The molecule has 0 amide bonds. The van der Waals surface area contributed by atoms with Gasteiger partial charge in [0.15, 0.2) is 0 Å². The number of halogens is 4. The molecule has 0 aliphatic heterocycles. The van der Waals surface area contributed by atoms with Crippen molar-refractivity contribution >= 4 is 17.6 Å². The third-order valence-electron chi connectivity index (χ3n) is 4.04. The number of aliphatic carboxylic acids is 1. The van der Waals surface area contributed by atoms with E-state index >= 15 is 0 Å².